The number of hydrogen-bond donors (Lipinski definition) is 2. The Morgan fingerprint density at radius 2 is 1.96 bits per heavy atom. The highest BCUT2D eigenvalue weighted by atomic mass is 16.7. The smallest absolute Gasteiger partial charge is 0.334 e. The molecule has 9 nitrogen and oxygen atoms in total. The molecule has 0 aliphatic carbocycles. The van der Waals surface area contributed by atoms with E-state index < -0.39 is 12.0 Å². The van der Waals surface area contributed by atoms with E-state index in [0.717, 1.165) is 11.5 Å². The summed E-state index contributed by atoms with van der Waals surface area (Å²) in [7, 11) is 0. The van der Waals surface area contributed by atoms with E-state index in [9.17, 15) is 19.2 Å². The van der Waals surface area contributed by atoms with E-state index in [1.165, 1.54) is 0 Å². The normalized spacial score (nSPS) is 20.9. The fourth-order valence-electron chi connectivity index (χ4n) is 3.28. The number of hydroxylamine groups is 2. The first-order chi connectivity index (χ1) is 13.6. The van der Waals surface area contributed by atoms with Crippen molar-refractivity contribution in [2.75, 3.05) is 19.6 Å². The van der Waals surface area contributed by atoms with Crippen LogP contribution in [0.2, 0.25) is 0 Å². The third kappa shape index (κ3) is 6.05. The van der Waals surface area contributed by atoms with E-state index in [0.29, 0.717) is 25.1 Å². The lowest BCUT2D eigenvalue weighted by molar-refractivity contribution is -0.186. The Balaban J connectivity index is 1.61. The molecule has 2 heterocycles. The van der Waals surface area contributed by atoms with Gasteiger partial charge in [0.1, 0.15) is 0 Å². The molecule has 28 heavy (non-hydrogen) atoms. The highest BCUT2D eigenvalue weighted by Gasteiger charge is 2.32. The predicted octanol–water partition coefficient (Wildman–Crippen LogP) is 0.466. The molecule has 0 bridgehead atoms. The van der Waals surface area contributed by atoms with Gasteiger partial charge in [-0.25, -0.2) is 4.79 Å². The van der Waals surface area contributed by atoms with E-state index >= 15 is 0 Å². The second kappa shape index (κ2) is 10.2. The summed E-state index contributed by atoms with van der Waals surface area (Å²) < 4.78 is 8.12. The van der Waals surface area contributed by atoms with Gasteiger partial charge in [0.05, 0.1) is 18.2 Å². The van der Waals surface area contributed by atoms with Crippen LogP contribution in [0.4, 0.5) is 0 Å². The fourth-order valence-corrected chi connectivity index (χ4v) is 3.28. The van der Waals surface area contributed by atoms with Gasteiger partial charge in [-0.3, -0.25) is 19.3 Å². The molecule has 2 rings (SSSR count). The van der Waals surface area contributed by atoms with Crippen molar-refractivity contribution in [2.45, 2.75) is 64.4 Å². The van der Waals surface area contributed by atoms with E-state index in [2.05, 4.69) is 17.2 Å². The third-order valence-corrected chi connectivity index (χ3v) is 4.77. The van der Waals surface area contributed by atoms with Crippen LogP contribution in [0.3, 0.4) is 0 Å². The lowest BCUT2D eigenvalue weighted by atomic mass is 10.2. The monoisotopic (exact) mass is 395 g/mol. The van der Waals surface area contributed by atoms with E-state index in [-0.39, 0.29) is 56.1 Å². The number of nitrogens with zero attached hydrogens (tertiary/aromatic N) is 2. The molecular formula is C19H30N4O5. The number of carbonyl (C=O) groups excluding carboxylic acids is 4. The Morgan fingerprint density at radius 1 is 1.25 bits per heavy atom. The minimum Gasteiger partial charge on any atom is -0.355 e. The summed E-state index contributed by atoms with van der Waals surface area (Å²) in [5.74, 6) is -1.41. The second-order valence-corrected chi connectivity index (χ2v) is 7.16. The van der Waals surface area contributed by atoms with Crippen molar-refractivity contribution >= 4 is 23.7 Å². The predicted molar refractivity (Wildman–Crippen MR) is 101 cm³/mol. The third-order valence-electron chi connectivity index (χ3n) is 4.77. The Hall–Kier alpha value is -2.42. The zero-order valence-corrected chi connectivity index (χ0v) is 16.6. The summed E-state index contributed by atoms with van der Waals surface area (Å²) in [5.41, 5.74) is 0.442. The molecule has 3 amide bonds. The molecule has 2 fully saturated rings. The number of allylic oxidation sites excluding steroid dienone is 1. The van der Waals surface area contributed by atoms with Crippen LogP contribution < -0.4 is 10.6 Å². The Kier molecular flexibility index (Phi) is 7.41. The molecule has 0 aromatic carbocycles. The van der Waals surface area contributed by atoms with E-state index in [1.807, 2.05) is 4.90 Å². The lowest BCUT2D eigenvalue weighted by Gasteiger charge is -2.27. The summed E-state index contributed by atoms with van der Waals surface area (Å²) in [5, 5.41) is 6.23. The first-order valence-electron chi connectivity index (χ1n) is 10.1. The largest absolute Gasteiger partial charge is 0.355 e. The van der Waals surface area contributed by atoms with Gasteiger partial charge in [0, 0.05) is 33.3 Å². The SMILES string of the molecule is [2H]C(C)(C)N1CCCC1C(=O)NCCC(=O)NCCC(=O)ON1C(=C)CCC1=O. The minimum atomic E-state index is -0.823. The van der Waals surface area contributed by atoms with Gasteiger partial charge >= 0.3 is 5.97 Å². The quantitative estimate of drug-likeness (QED) is 0.587. The van der Waals surface area contributed by atoms with Crippen molar-refractivity contribution < 1.29 is 25.4 Å². The van der Waals surface area contributed by atoms with Crippen LogP contribution >= 0.6 is 0 Å². The maximum absolute atomic E-state index is 12.3. The Labute approximate surface area is 166 Å². The van der Waals surface area contributed by atoms with Gasteiger partial charge in [0.15, 0.2) is 0 Å². The molecule has 156 valence electrons. The standard InChI is InChI=1S/C19H30N4O5/c1-13(2)22-12-4-5-15(22)19(27)21-10-8-16(24)20-11-9-18(26)28-23-14(3)6-7-17(23)25/h13,15H,3-12H2,1-2H3,(H,20,24)(H,21,27)/i13D. The van der Waals surface area contributed by atoms with Gasteiger partial charge in [-0.15, -0.1) is 5.06 Å². The molecule has 1 atom stereocenters. The van der Waals surface area contributed by atoms with Crippen molar-refractivity contribution in [1.29, 1.82) is 0 Å². The van der Waals surface area contributed by atoms with E-state index in [4.69, 9.17) is 6.21 Å². The highest BCUT2D eigenvalue weighted by molar-refractivity contribution is 5.83. The van der Waals surface area contributed by atoms with Gasteiger partial charge in [-0.05, 0) is 39.7 Å². The van der Waals surface area contributed by atoms with Crippen molar-refractivity contribution in [3.63, 3.8) is 0 Å². The molecule has 0 saturated carbocycles. The Bertz CT molecular complexity index is 660. The van der Waals surface area contributed by atoms with Gasteiger partial charge in [0.2, 0.25) is 11.8 Å². The van der Waals surface area contributed by atoms with Crippen molar-refractivity contribution in [3.05, 3.63) is 12.3 Å². The molecule has 0 aromatic heterocycles. The van der Waals surface area contributed by atoms with Crippen LogP contribution in [-0.2, 0) is 24.0 Å². The molecule has 2 saturated heterocycles. The zero-order valence-electron chi connectivity index (χ0n) is 17.6. The van der Waals surface area contributed by atoms with Crippen molar-refractivity contribution in [2.24, 2.45) is 0 Å². The molecule has 9 heteroatoms. The topological polar surface area (TPSA) is 108 Å². The molecule has 1 unspecified atom stereocenters. The number of carbonyl (C=O) groups is 4. The van der Waals surface area contributed by atoms with Crippen molar-refractivity contribution in [3.8, 4) is 0 Å². The van der Waals surface area contributed by atoms with Crippen LogP contribution in [0.5, 0.6) is 0 Å². The second-order valence-electron chi connectivity index (χ2n) is 7.16. The average Bonchev–Trinajstić information content (AvgIpc) is 3.24. The summed E-state index contributed by atoms with van der Waals surface area (Å²) >= 11 is 0. The number of nitrogens with one attached hydrogen (secondary N) is 2. The molecular weight excluding hydrogens is 364 g/mol. The minimum absolute atomic E-state index is 0.0730. The maximum Gasteiger partial charge on any atom is 0.334 e. The highest BCUT2D eigenvalue weighted by Crippen LogP contribution is 2.21. The number of rotatable bonds is 9. The zero-order chi connectivity index (χ0) is 21.6. The van der Waals surface area contributed by atoms with Crippen LogP contribution in [0, 0.1) is 0 Å². The number of likely N-dealkylation sites (tertiary alicyclic amines) is 1. The number of amides is 3. The molecule has 0 spiro atoms. The van der Waals surface area contributed by atoms with Crippen molar-refractivity contribution in [1.82, 2.24) is 20.6 Å². The van der Waals surface area contributed by atoms with Crippen LogP contribution in [0.1, 0.15) is 53.7 Å². The molecule has 2 aliphatic rings. The summed E-state index contributed by atoms with van der Waals surface area (Å²) in [6.45, 7) is 8.13. The van der Waals surface area contributed by atoms with Gasteiger partial charge in [0.25, 0.3) is 5.91 Å². The van der Waals surface area contributed by atoms with Crippen LogP contribution in [0.25, 0.3) is 0 Å². The molecule has 2 N–H and O–H groups in total. The molecule has 0 aromatic rings. The fraction of sp³-hybridized carbons (Fsp3) is 0.684. The van der Waals surface area contributed by atoms with Crippen LogP contribution in [0.15, 0.2) is 12.3 Å². The summed E-state index contributed by atoms with van der Waals surface area (Å²) in [4.78, 5) is 54.3. The van der Waals surface area contributed by atoms with Gasteiger partial charge in [-0.1, -0.05) is 6.58 Å². The first kappa shape index (κ1) is 20.3. The number of hydrogen-bond acceptors (Lipinski definition) is 6. The van der Waals surface area contributed by atoms with E-state index in [1.54, 1.807) is 13.8 Å². The maximum atomic E-state index is 12.3. The lowest BCUT2D eigenvalue weighted by Crippen LogP contribution is -2.46. The molecule has 2 aliphatic heterocycles. The van der Waals surface area contributed by atoms with Gasteiger partial charge in [-0.2, -0.15) is 0 Å². The Morgan fingerprint density at radius 3 is 2.61 bits per heavy atom. The molecule has 0 radical (unpaired) electrons. The van der Waals surface area contributed by atoms with Gasteiger partial charge < -0.3 is 15.5 Å². The van der Waals surface area contributed by atoms with Crippen LogP contribution in [-0.4, -0.2) is 65.3 Å². The summed E-state index contributed by atoms with van der Waals surface area (Å²) in [6, 6.07) is -1.17. The average molecular weight is 395 g/mol. The summed E-state index contributed by atoms with van der Waals surface area (Å²) in [6.07, 6.45) is 2.31. The first-order valence-corrected chi connectivity index (χ1v) is 9.62.